The highest BCUT2D eigenvalue weighted by atomic mass is 32.2. The summed E-state index contributed by atoms with van der Waals surface area (Å²) >= 11 is 3.07. The van der Waals surface area contributed by atoms with Crippen molar-refractivity contribution >= 4 is 29.0 Å². The maximum atomic E-state index is 13.0. The van der Waals surface area contributed by atoms with Gasteiger partial charge in [-0.15, -0.1) is 21.5 Å². The predicted molar refractivity (Wildman–Crippen MR) is 105 cm³/mol. The highest BCUT2D eigenvalue weighted by Gasteiger charge is 2.30. The fraction of sp³-hybridized carbons (Fsp3) is 0.316. The van der Waals surface area contributed by atoms with Crippen LogP contribution in [0.3, 0.4) is 0 Å². The topological polar surface area (TPSA) is 51.0 Å². The van der Waals surface area contributed by atoms with Crippen LogP contribution in [-0.4, -0.2) is 38.4 Å². The smallest absolute Gasteiger partial charge is 0.233 e. The van der Waals surface area contributed by atoms with Crippen molar-refractivity contribution in [2.45, 2.75) is 30.6 Å². The van der Waals surface area contributed by atoms with Crippen molar-refractivity contribution in [3.05, 3.63) is 53.2 Å². The van der Waals surface area contributed by atoms with Gasteiger partial charge in [-0.3, -0.25) is 9.36 Å². The third-order valence-corrected chi connectivity index (χ3v) is 6.20. The summed E-state index contributed by atoms with van der Waals surface area (Å²) in [6, 6.07) is 10.7. The maximum Gasteiger partial charge on any atom is 0.233 e. The first kappa shape index (κ1) is 18.2. The van der Waals surface area contributed by atoms with E-state index in [-0.39, 0.29) is 11.7 Å². The number of nitrogens with zero attached hydrogens (tertiary/aromatic N) is 4. The van der Waals surface area contributed by atoms with Gasteiger partial charge in [0.2, 0.25) is 5.91 Å². The Morgan fingerprint density at radius 2 is 2.07 bits per heavy atom. The molecule has 1 aromatic carbocycles. The number of hydrogen-bond acceptors (Lipinski definition) is 5. The summed E-state index contributed by atoms with van der Waals surface area (Å²) in [6.07, 6.45) is 2.25. The molecule has 8 heteroatoms. The molecule has 0 aliphatic heterocycles. The fourth-order valence-electron chi connectivity index (χ4n) is 2.80. The summed E-state index contributed by atoms with van der Waals surface area (Å²) < 4.78 is 15.2. The first-order valence-electron chi connectivity index (χ1n) is 8.72. The molecule has 0 bridgehead atoms. The van der Waals surface area contributed by atoms with Crippen LogP contribution in [0.1, 0.15) is 24.4 Å². The Bertz CT molecular complexity index is 920. The van der Waals surface area contributed by atoms with E-state index in [1.54, 1.807) is 35.4 Å². The Balaban J connectivity index is 1.41. The average Bonchev–Trinajstić information content (AvgIpc) is 3.19. The van der Waals surface area contributed by atoms with Gasteiger partial charge in [-0.25, -0.2) is 4.39 Å². The van der Waals surface area contributed by atoms with Crippen molar-refractivity contribution in [3.63, 3.8) is 0 Å². The molecule has 1 fully saturated rings. The SMILES string of the molecule is CN(Cc1ccc(F)cc1)C(=O)CSc1nnc(-c2cccs2)n1C1CC1. The van der Waals surface area contributed by atoms with E-state index in [1.165, 1.54) is 23.9 Å². The quantitative estimate of drug-likeness (QED) is 0.555. The van der Waals surface area contributed by atoms with Crippen LogP contribution in [0.25, 0.3) is 10.7 Å². The minimum absolute atomic E-state index is 0.00680. The summed E-state index contributed by atoms with van der Waals surface area (Å²) in [7, 11) is 1.76. The predicted octanol–water partition coefficient (Wildman–Crippen LogP) is 4.23. The molecule has 3 aromatic rings. The van der Waals surface area contributed by atoms with Crippen LogP contribution in [0.5, 0.6) is 0 Å². The zero-order valence-electron chi connectivity index (χ0n) is 14.8. The number of rotatable bonds is 7. The minimum Gasteiger partial charge on any atom is -0.341 e. The second kappa shape index (κ2) is 7.82. The number of halogens is 1. The van der Waals surface area contributed by atoms with Crippen molar-refractivity contribution in [2.24, 2.45) is 0 Å². The molecule has 0 saturated heterocycles. The van der Waals surface area contributed by atoms with Crippen LogP contribution in [0.4, 0.5) is 4.39 Å². The fourth-order valence-corrected chi connectivity index (χ4v) is 4.45. The van der Waals surface area contributed by atoms with E-state index in [2.05, 4.69) is 14.8 Å². The van der Waals surface area contributed by atoms with Gasteiger partial charge < -0.3 is 4.90 Å². The number of thioether (sulfide) groups is 1. The highest BCUT2D eigenvalue weighted by molar-refractivity contribution is 7.99. The van der Waals surface area contributed by atoms with Gasteiger partial charge >= 0.3 is 0 Å². The minimum atomic E-state index is -0.274. The number of hydrogen-bond donors (Lipinski definition) is 0. The van der Waals surface area contributed by atoms with Gasteiger partial charge in [0, 0.05) is 19.6 Å². The van der Waals surface area contributed by atoms with E-state index in [1.807, 2.05) is 17.5 Å². The summed E-state index contributed by atoms with van der Waals surface area (Å²) in [5.74, 6) is 0.922. The lowest BCUT2D eigenvalue weighted by Gasteiger charge is -2.17. The molecule has 1 saturated carbocycles. The van der Waals surface area contributed by atoms with E-state index < -0.39 is 0 Å². The van der Waals surface area contributed by atoms with Crippen molar-refractivity contribution in [3.8, 4) is 10.7 Å². The summed E-state index contributed by atoms with van der Waals surface area (Å²) in [6.45, 7) is 0.454. The normalized spacial score (nSPS) is 13.7. The molecule has 27 heavy (non-hydrogen) atoms. The Labute approximate surface area is 165 Å². The molecule has 0 N–H and O–H groups in total. The van der Waals surface area contributed by atoms with Crippen molar-refractivity contribution < 1.29 is 9.18 Å². The van der Waals surface area contributed by atoms with Gasteiger partial charge in [0.15, 0.2) is 11.0 Å². The molecule has 1 aliphatic carbocycles. The standard InChI is InChI=1S/C19H19FN4OS2/c1-23(11-13-4-6-14(20)7-5-13)17(25)12-27-19-22-21-18(16-3-2-10-26-16)24(19)15-8-9-15/h2-7,10,15H,8-9,11-12H2,1H3. The molecule has 4 rings (SSSR count). The number of benzene rings is 1. The average molecular weight is 403 g/mol. The summed E-state index contributed by atoms with van der Waals surface area (Å²) in [5.41, 5.74) is 0.901. The van der Waals surface area contributed by atoms with E-state index in [4.69, 9.17) is 0 Å². The molecule has 140 valence electrons. The van der Waals surface area contributed by atoms with Crippen LogP contribution in [0.2, 0.25) is 0 Å². The third kappa shape index (κ3) is 4.22. The molecule has 0 unspecified atom stereocenters. The first-order valence-corrected chi connectivity index (χ1v) is 10.6. The van der Waals surface area contributed by atoms with Crippen LogP contribution in [0, 0.1) is 5.82 Å². The molecule has 5 nitrogen and oxygen atoms in total. The molecule has 0 spiro atoms. The second-order valence-electron chi connectivity index (χ2n) is 6.55. The second-order valence-corrected chi connectivity index (χ2v) is 8.44. The van der Waals surface area contributed by atoms with Gasteiger partial charge in [-0.1, -0.05) is 30.0 Å². The molecule has 0 radical (unpaired) electrons. The Kier molecular flexibility index (Phi) is 5.27. The lowest BCUT2D eigenvalue weighted by molar-refractivity contribution is -0.127. The Morgan fingerprint density at radius 1 is 1.30 bits per heavy atom. The van der Waals surface area contributed by atoms with Crippen LogP contribution in [-0.2, 0) is 11.3 Å². The molecular weight excluding hydrogens is 383 g/mol. The molecule has 0 atom stereocenters. The molecular formula is C19H19FN4OS2. The molecule has 1 amide bonds. The number of amides is 1. The summed E-state index contributed by atoms with van der Waals surface area (Å²) in [5, 5.41) is 11.5. The number of carbonyl (C=O) groups excluding carboxylic acids is 1. The zero-order valence-corrected chi connectivity index (χ0v) is 16.5. The number of carbonyl (C=O) groups is 1. The van der Waals surface area contributed by atoms with E-state index in [0.717, 1.165) is 34.3 Å². The van der Waals surface area contributed by atoms with Crippen LogP contribution < -0.4 is 0 Å². The van der Waals surface area contributed by atoms with Crippen molar-refractivity contribution in [2.75, 3.05) is 12.8 Å². The maximum absolute atomic E-state index is 13.0. The van der Waals surface area contributed by atoms with E-state index in [0.29, 0.717) is 18.3 Å². The Hall–Kier alpha value is -2.19. The zero-order chi connectivity index (χ0) is 18.8. The van der Waals surface area contributed by atoms with Crippen molar-refractivity contribution in [1.82, 2.24) is 19.7 Å². The van der Waals surface area contributed by atoms with Crippen LogP contribution >= 0.6 is 23.1 Å². The highest BCUT2D eigenvalue weighted by Crippen LogP contribution is 2.41. The number of thiophene rings is 1. The third-order valence-electron chi connectivity index (χ3n) is 4.40. The van der Waals surface area contributed by atoms with Crippen molar-refractivity contribution in [1.29, 1.82) is 0 Å². The largest absolute Gasteiger partial charge is 0.341 e. The van der Waals surface area contributed by atoms with Gasteiger partial charge in [-0.05, 0) is 42.0 Å². The monoisotopic (exact) mass is 402 g/mol. The van der Waals surface area contributed by atoms with E-state index >= 15 is 0 Å². The van der Waals surface area contributed by atoms with Gasteiger partial charge in [0.1, 0.15) is 5.82 Å². The first-order chi connectivity index (χ1) is 13.1. The van der Waals surface area contributed by atoms with Gasteiger partial charge in [-0.2, -0.15) is 0 Å². The van der Waals surface area contributed by atoms with Crippen LogP contribution in [0.15, 0.2) is 46.9 Å². The lowest BCUT2D eigenvalue weighted by atomic mass is 10.2. The Morgan fingerprint density at radius 3 is 2.74 bits per heavy atom. The number of aromatic nitrogens is 3. The molecule has 2 heterocycles. The van der Waals surface area contributed by atoms with Gasteiger partial charge in [0.05, 0.1) is 10.6 Å². The lowest BCUT2D eigenvalue weighted by Crippen LogP contribution is -2.27. The van der Waals surface area contributed by atoms with E-state index in [9.17, 15) is 9.18 Å². The molecule has 1 aliphatic rings. The summed E-state index contributed by atoms with van der Waals surface area (Å²) in [4.78, 5) is 15.2. The molecule has 2 aromatic heterocycles. The van der Waals surface area contributed by atoms with Gasteiger partial charge in [0.25, 0.3) is 0 Å².